The lowest BCUT2D eigenvalue weighted by Gasteiger charge is -2.30. The van der Waals surface area contributed by atoms with Crippen LogP contribution in [-0.2, 0) is 18.4 Å². The maximum absolute atomic E-state index is 15.6. The number of amides is 2. The molecule has 0 spiro atoms. The predicted molar refractivity (Wildman–Crippen MR) is 168 cm³/mol. The molecular weight excluding hydrogens is 650 g/mol. The van der Waals surface area contributed by atoms with Gasteiger partial charge in [-0.05, 0) is 43.9 Å². The van der Waals surface area contributed by atoms with Gasteiger partial charge in [-0.3, -0.25) is 9.59 Å². The number of benzene rings is 2. The summed E-state index contributed by atoms with van der Waals surface area (Å²) in [7, 11) is 1.62. The van der Waals surface area contributed by atoms with Crippen LogP contribution in [0, 0.1) is 17.2 Å². The zero-order valence-electron chi connectivity index (χ0n) is 26.4. The highest BCUT2D eigenvalue weighted by Crippen LogP contribution is 2.39. The summed E-state index contributed by atoms with van der Waals surface area (Å²) in [5, 5.41) is 8.44. The molecule has 3 N–H and O–H groups in total. The third-order valence-corrected chi connectivity index (χ3v) is 9.12. The Bertz CT molecular complexity index is 1680. The molecule has 1 saturated carbocycles. The van der Waals surface area contributed by atoms with Crippen LogP contribution in [0.1, 0.15) is 68.8 Å². The summed E-state index contributed by atoms with van der Waals surface area (Å²) in [5.41, 5.74) is 0.424. The molecule has 5 rings (SSSR count). The molecule has 15 heteroatoms. The Morgan fingerprint density at radius 1 is 1.09 bits per heavy atom. The van der Waals surface area contributed by atoms with Gasteiger partial charge in [0.25, 0.3) is 11.8 Å². The Morgan fingerprint density at radius 3 is 2.36 bits per heavy atom. The van der Waals surface area contributed by atoms with E-state index < -0.39 is 54.2 Å². The lowest BCUT2D eigenvalue weighted by Crippen LogP contribution is -2.40. The van der Waals surface area contributed by atoms with E-state index in [0.29, 0.717) is 11.0 Å². The molecule has 47 heavy (non-hydrogen) atoms. The van der Waals surface area contributed by atoms with Crippen molar-refractivity contribution in [1.82, 2.24) is 20.2 Å². The number of aryl methyl sites for hydroxylation is 1. The molecule has 1 aliphatic heterocycles. The van der Waals surface area contributed by atoms with E-state index in [0.717, 1.165) is 0 Å². The van der Waals surface area contributed by atoms with Crippen LogP contribution in [0.3, 0.4) is 0 Å². The number of nitrogens with zero attached hydrogens (tertiary/aromatic N) is 3. The predicted octanol–water partition coefficient (Wildman–Crippen LogP) is 7.47. The first kappa shape index (κ1) is 34.6. The first-order chi connectivity index (χ1) is 21.8. The molecule has 2 aromatic carbocycles. The highest BCUT2D eigenvalue weighted by atomic mass is 35.5. The van der Waals surface area contributed by atoms with Gasteiger partial charge in [-0.15, -0.1) is 0 Å². The molecular formula is C32H37ClF6N6O2. The first-order valence-corrected chi connectivity index (χ1v) is 15.7. The number of anilines is 3. The molecule has 0 unspecified atom stereocenters. The summed E-state index contributed by atoms with van der Waals surface area (Å²) in [5.74, 6) is -5.83. The highest BCUT2D eigenvalue weighted by Gasteiger charge is 2.42. The molecule has 256 valence electrons. The lowest BCUT2D eigenvalue weighted by atomic mass is 9.85. The Labute approximate surface area is 273 Å². The van der Waals surface area contributed by atoms with E-state index >= 15 is 4.39 Å². The molecule has 1 saturated heterocycles. The summed E-state index contributed by atoms with van der Waals surface area (Å²) >= 11 is 6.35. The molecule has 0 atom stereocenters. The SMILES string of the molecule is Cn1c(Nc2c(Cl)ccc(CNC(=O)C(C)(C)C)c2F)nc2cc(C(=O)NC3CCC(C(F)(F)F)CC3)c(N3CCC(F)(F)C3)cc21. The summed E-state index contributed by atoms with van der Waals surface area (Å²) < 4.78 is 85.3. The van der Waals surface area contributed by atoms with E-state index in [1.807, 2.05) is 0 Å². The van der Waals surface area contributed by atoms with Gasteiger partial charge in [0.05, 0.1) is 45.5 Å². The molecule has 2 fully saturated rings. The quantitative estimate of drug-likeness (QED) is 0.225. The summed E-state index contributed by atoms with van der Waals surface area (Å²) in [6.07, 6.45) is -4.66. The van der Waals surface area contributed by atoms with Crippen LogP contribution in [0.15, 0.2) is 24.3 Å². The van der Waals surface area contributed by atoms with E-state index in [4.69, 9.17) is 11.6 Å². The Morgan fingerprint density at radius 2 is 1.77 bits per heavy atom. The standard InChI is InChI=1S/C32H37ClF6N6O2/c1-30(2,3)28(47)40-15-17-5-10-21(33)26(25(17)34)43-29-42-22-13-20(27(46)41-19-8-6-18(7-9-19)32(37,38)39)23(14-24(22)44(29)4)45-12-11-31(35,36)16-45/h5,10,13-14,18-19H,6-9,11-12,15-16H2,1-4H3,(H,40,47)(H,41,46)(H,42,43). The maximum Gasteiger partial charge on any atom is 0.391 e. The number of rotatable bonds is 7. The number of hydrogen-bond acceptors (Lipinski definition) is 5. The van der Waals surface area contributed by atoms with Gasteiger partial charge in [-0.25, -0.2) is 18.2 Å². The Kier molecular flexibility index (Phi) is 9.39. The van der Waals surface area contributed by atoms with Crippen molar-refractivity contribution < 1.29 is 35.9 Å². The van der Waals surface area contributed by atoms with E-state index in [2.05, 4.69) is 20.9 Å². The third kappa shape index (κ3) is 7.57. The lowest BCUT2D eigenvalue weighted by molar-refractivity contribution is -0.182. The first-order valence-electron chi connectivity index (χ1n) is 15.4. The van der Waals surface area contributed by atoms with Crippen LogP contribution in [-0.4, -0.2) is 52.6 Å². The fourth-order valence-corrected chi connectivity index (χ4v) is 6.14. The van der Waals surface area contributed by atoms with Gasteiger partial charge < -0.3 is 25.4 Å². The van der Waals surface area contributed by atoms with E-state index in [-0.39, 0.29) is 78.2 Å². The molecule has 8 nitrogen and oxygen atoms in total. The van der Waals surface area contributed by atoms with Crippen molar-refractivity contribution in [3.63, 3.8) is 0 Å². The van der Waals surface area contributed by atoms with Crippen molar-refractivity contribution in [2.24, 2.45) is 18.4 Å². The minimum absolute atomic E-state index is 0.0161. The topological polar surface area (TPSA) is 91.3 Å². The Balaban J connectivity index is 1.45. The van der Waals surface area contributed by atoms with E-state index in [1.54, 1.807) is 38.5 Å². The smallest absolute Gasteiger partial charge is 0.365 e. The number of hydrogen-bond donors (Lipinski definition) is 3. The number of halogens is 7. The van der Waals surface area contributed by atoms with Crippen molar-refractivity contribution in [3.05, 3.63) is 46.2 Å². The van der Waals surface area contributed by atoms with Crippen molar-refractivity contribution in [3.8, 4) is 0 Å². The van der Waals surface area contributed by atoms with Crippen molar-refractivity contribution in [1.29, 1.82) is 0 Å². The average molecular weight is 687 g/mol. The largest absolute Gasteiger partial charge is 0.391 e. The van der Waals surface area contributed by atoms with Crippen LogP contribution in [0.4, 0.5) is 43.7 Å². The summed E-state index contributed by atoms with van der Waals surface area (Å²) in [4.78, 5) is 31.8. The van der Waals surface area contributed by atoms with E-state index in [9.17, 15) is 31.5 Å². The number of nitrogens with one attached hydrogen (secondary N) is 3. The summed E-state index contributed by atoms with van der Waals surface area (Å²) in [6.45, 7) is 4.49. The maximum atomic E-state index is 15.6. The van der Waals surface area contributed by atoms with Gasteiger partial charge in [0.15, 0.2) is 5.82 Å². The molecule has 3 aromatic rings. The van der Waals surface area contributed by atoms with Crippen LogP contribution in [0.5, 0.6) is 0 Å². The van der Waals surface area contributed by atoms with Gasteiger partial charge >= 0.3 is 6.18 Å². The molecule has 0 radical (unpaired) electrons. The normalized spacial score (nSPS) is 20.0. The second-order valence-electron chi connectivity index (χ2n) is 13.4. The molecule has 1 aliphatic carbocycles. The molecule has 2 heterocycles. The monoisotopic (exact) mass is 686 g/mol. The fourth-order valence-electron chi connectivity index (χ4n) is 5.95. The number of fused-ring (bicyclic) bond motifs is 1. The number of imidazole rings is 1. The number of aromatic nitrogens is 2. The average Bonchev–Trinajstić information content (AvgIpc) is 3.50. The van der Waals surface area contributed by atoms with Gasteiger partial charge in [-0.1, -0.05) is 38.4 Å². The van der Waals surface area contributed by atoms with Crippen molar-refractivity contribution >= 4 is 51.8 Å². The second kappa shape index (κ2) is 12.7. The molecule has 0 bridgehead atoms. The van der Waals surface area contributed by atoms with Crippen LogP contribution in [0.25, 0.3) is 11.0 Å². The molecule has 2 aliphatic rings. The van der Waals surface area contributed by atoms with E-state index in [1.165, 1.54) is 23.1 Å². The van der Waals surface area contributed by atoms with Gasteiger partial charge in [0.2, 0.25) is 11.9 Å². The number of carbonyl (C=O) groups excluding carboxylic acids is 2. The minimum atomic E-state index is -4.30. The number of alkyl halides is 5. The third-order valence-electron chi connectivity index (χ3n) is 8.81. The van der Waals surface area contributed by atoms with Crippen LogP contribution < -0.4 is 20.9 Å². The second-order valence-corrected chi connectivity index (χ2v) is 13.8. The van der Waals surface area contributed by atoms with Crippen molar-refractivity contribution in [2.75, 3.05) is 23.3 Å². The van der Waals surface area contributed by atoms with Gasteiger partial charge in [0.1, 0.15) is 0 Å². The van der Waals surface area contributed by atoms with Gasteiger partial charge in [0, 0.05) is 43.6 Å². The molecule has 2 amide bonds. The Hall–Kier alpha value is -3.68. The summed E-state index contributed by atoms with van der Waals surface area (Å²) in [6, 6.07) is 5.43. The molecule has 1 aromatic heterocycles. The van der Waals surface area contributed by atoms with Crippen LogP contribution in [0.2, 0.25) is 5.02 Å². The highest BCUT2D eigenvalue weighted by molar-refractivity contribution is 6.33. The fraction of sp³-hybridized carbons (Fsp3) is 0.531. The zero-order valence-corrected chi connectivity index (χ0v) is 27.2. The van der Waals surface area contributed by atoms with Crippen molar-refractivity contribution in [2.45, 2.75) is 77.6 Å². The zero-order chi connectivity index (χ0) is 34.5. The minimum Gasteiger partial charge on any atom is -0.365 e. The van der Waals surface area contributed by atoms with Gasteiger partial charge in [-0.2, -0.15) is 13.2 Å². The van der Waals surface area contributed by atoms with Crippen LogP contribution >= 0.6 is 11.6 Å². The number of carbonyl (C=O) groups is 2.